The van der Waals surface area contributed by atoms with Crippen molar-refractivity contribution in [3.8, 4) is 0 Å². The predicted molar refractivity (Wildman–Crippen MR) is 62.3 cm³/mol. The number of carboxylic acid groups (broad SMARTS) is 1. The van der Waals surface area contributed by atoms with E-state index in [-0.39, 0.29) is 12.2 Å². The molecule has 0 radical (unpaired) electrons. The Balaban J connectivity index is 2.61. The topological polar surface area (TPSA) is 46.5 Å². The smallest absolute Gasteiger partial charge is 0.306 e. The van der Waals surface area contributed by atoms with Gasteiger partial charge in [-0.15, -0.1) is 0 Å². The molecule has 0 fully saturated rings. The van der Waals surface area contributed by atoms with Gasteiger partial charge in [0.1, 0.15) is 5.82 Å². The Bertz CT molecular complexity index is 365. The molecule has 1 aromatic carbocycles. The van der Waals surface area contributed by atoms with Crippen molar-refractivity contribution < 1.29 is 19.0 Å². The van der Waals surface area contributed by atoms with Crippen LogP contribution in [0, 0.1) is 11.7 Å². The highest BCUT2D eigenvalue weighted by Gasteiger charge is 2.18. The molecule has 1 rings (SSSR count). The molecule has 0 spiro atoms. The second-order valence-electron chi connectivity index (χ2n) is 3.97. The zero-order valence-corrected chi connectivity index (χ0v) is 9.86. The molecule has 0 aliphatic heterocycles. The van der Waals surface area contributed by atoms with Gasteiger partial charge in [-0.2, -0.15) is 0 Å². The second-order valence-corrected chi connectivity index (χ2v) is 3.97. The van der Waals surface area contributed by atoms with Gasteiger partial charge in [0.25, 0.3) is 0 Å². The maximum atomic E-state index is 13.4. The maximum absolute atomic E-state index is 13.4. The minimum absolute atomic E-state index is 0.228. The Kier molecular flexibility index (Phi) is 5.63. The fraction of sp³-hybridized carbons (Fsp3) is 0.462. The molecule has 0 aromatic heterocycles. The third kappa shape index (κ3) is 4.53. The first kappa shape index (κ1) is 13.6. The maximum Gasteiger partial charge on any atom is 0.306 e. The number of hydrogen-bond acceptors (Lipinski definition) is 2. The van der Waals surface area contributed by atoms with Crippen LogP contribution in [0.25, 0.3) is 0 Å². The normalized spacial score (nSPS) is 12.4. The highest BCUT2D eigenvalue weighted by atomic mass is 19.1. The van der Waals surface area contributed by atoms with Gasteiger partial charge >= 0.3 is 5.97 Å². The Morgan fingerprint density at radius 1 is 1.47 bits per heavy atom. The van der Waals surface area contributed by atoms with E-state index >= 15 is 0 Å². The van der Waals surface area contributed by atoms with E-state index in [0.29, 0.717) is 25.0 Å². The number of rotatable bonds is 7. The first-order chi connectivity index (χ1) is 8.15. The van der Waals surface area contributed by atoms with Crippen LogP contribution in [0.3, 0.4) is 0 Å². The van der Waals surface area contributed by atoms with Gasteiger partial charge in [0.15, 0.2) is 0 Å². The van der Waals surface area contributed by atoms with Gasteiger partial charge in [-0.3, -0.25) is 4.79 Å². The highest BCUT2D eigenvalue weighted by Crippen LogP contribution is 2.17. The molecule has 17 heavy (non-hydrogen) atoms. The van der Waals surface area contributed by atoms with Crippen molar-refractivity contribution in [1.82, 2.24) is 0 Å². The number of carbonyl (C=O) groups is 1. The van der Waals surface area contributed by atoms with Crippen molar-refractivity contribution in [3.05, 3.63) is 35.6 Å². The molecule has 0 bridgehead atoms. The summed E-state index contributed by atoms with van der Waals surface area (Å²) < 4.78 is 18.3. The fourth-order valence-corrected chi connectivity index (χ4v) is 1.72. The second kappa shape index (κ2) is 7.01. The Morgan fingerprint density at radius 2 is 2.18 bits per heavy atom. The van der Waals surface area contributed by atoms with E-state index in [1.54, 1.807) is 25.3 Å². The van der Waals surface area contributed by atoms with Crippen molar-refractivity contribution >= 4 is 5.97 Å². The first-order valence-electron chi connectivity index (χ1n) is 5.60. The number of carboxylic acids is 1. The van der Waals surface area contributed by atoms with E-state index in [1.165, 1.54) is 6.07 Å². The molecule has 0 saturated heterocycles. The van der Waals surface area contributed by atoms with Gasteiger partial charge in [-0.1, -0.05) is 18.2 Å². The summed E-state index contributed by atoms with van der Waals surface area (Å²) >= 11 is 0. The summed E-state index contributed by atoms with van der Waals surface area (Å²) in [6, 6.07) is 6.29. The Morgan fingerprint density at radius 3 is 2.76 bits per heavy atom. The lowest BCUT2D eigenvalue weighted by Gasteiger charge is -2.12. The predicted octanol–water partition coefficient (Wildman–Crippen LogP) is 2.50. The van der Waals surface area contributed by atoms with Crippen LogP contribution in [0.2, 0.25) is 0 Å². The lowest BCUT2D eigenvalue weighted by molar-refractivity contribution is -0.142. The molecule has 4 heteroatoms. The minimum atomic E-state index is -0.885. The van der Waals surface area contributed by atoms with Crippen LogP contribution in [0.5, 0.6) is 0 Å². The molecule has 1 atom stereocenters. The van der Waals surface area contributed by atoms with Crippen LogP contribution in [0.15, 0.2) is 24.3 Å². The fourth-order valence-electron chi connectivity index (χ4n) is 1.72. The molecule has 1 aromatic rings. The molecule has 0 saturated carbocycles. The molecule has 3 nitrogen and oxygen atoms in total. The zero-order valence-electron chi connectivity index (χ0n) is 9.86. The third-order valence-electron chi connectivity index (χ3n) is 2.67. The molecule has 0 amide bonds. The summed E-state index contributed by atoms with van der Waals surface area (Å²) in [4.78, 5) is 11.0. The molecule has 1 N–H and O–H groups in total. The van der Waals surface area contributed by atoms with Gasteiger partial charge in [0, 0.05) is 13.7 Å². The lowest BCUT2D eigenvalue weighted by Crippen LogP contribution is -2.17. The lowest BCUT2D eigenvalue weighted by atomic mass is 9.95. The van der Waals surface area contributed by atoms with Crippen molar-refractivity contribution in [1.29, 1.82) is 0 Å². The number of benzene rings is 1. The highest BCUT2D eigenvalue weighted by molar-refractivity contribution is 5.70. The summed E-state index contributed by atoms with van der Waals surface area (Å²) in [7, 11) is 1.58. The van der Waals surface area contributed by atoms with Gasteiger partial charge in [-0.05, 0) is 30.9 Å². The quantitative estimate of drug-likeness (QED) is 0.745. The average Bonchev–Trinajstić information content (AvgIpc) is 2.30. The molecule has 1 unspecified atom stereocenters. The summed E-state index contributed by atoms with van der Waals surface area (Å²) in [5.74, 6) is -1.78. The summed E-state index contributed by atoms with van der Waals surface area (Å²) in [6.07, 6.45) is 1.39. The monoisotopic (exact) mass is 240 g/mol. The van der Waals surface area contributed by atoms with E-state index in [1.807, 2.05) is 0 Å². The van der Waals surface area contributed by atoms with Gasteiger partial charge in [0.05, 0.1) is 5.92 Å². The van der Waals surface area contributed by atoms with Crippen molar-refractivity contribution in [2.45, 2.75) is 19.3 Å². The number of methoxy groups -OCH3 is 1. The molecule has 94 valence electrons. The molecule has 0 heterocycles. The van der Waals surface area contributed by atoms with Crippen LogP contribution < -0.4 is 0 Å². The number of ether oxygens (including phenoxy) is 1. The third-order valence-corrected chi connectivity index (χ3v) is 2.67. The Labute approximate surface area is 100 Å². The van der Waals surface area contributed by atoms with Gasteiger partial charge in [-0.25, -0.2) is 4.39 Å². The Hall–Kier alpha value is -1.42. The largest absolute Gasteiger partial charge is 0.481 e. The van der Waals surface area contributed by atoms with E-state index in [4.69, 9.17) is 9.84 Å². The van der Waals surface area contributed by atoms with Crippen LogP contribution in [-0.2, 0) is 16.0 Å². The van der Waals surface area contributed by atoms with E-state index < -0.39 is 11.9 Å². The van der Waals surface area contributed by atoms with Crippen LogP contribution in [0.1, 0.15) is 18.4 Å². The number of hydrogen-bond donors (Lipinski definition) is 1. The number of aliphatic carboxylic acids is 1. The van der Waals surface area contributed by atoms with E-state index in [2.05, 4.69) is 0 Å². The summed E-state index contributed by atoms with van der Waals surface area (Å²) in [5, 5.41) is 9.06. The van der Waals surface area contributed by atoms with Gasteiger partial charge < -0.3 is 9.84 Å². The van der Waals surface area contributed by atoms with Crippen molar-refractivity contribution in [2.75, 3.05) is 13.7 Å². The van der Waals surface area contributed by atoms with Crippen molar-refractivity contribution in [2.24, 2.45) is 5.92 Å². The molecular formula is C13H17FO3. The zero-order chi connectivity index (χ0) is 12.7. The van der Waals surface area contributed by atoms with E-state index in [0.717, 1.165) is 0 Å². The summed E-state index contributed by atoms with van der Waals surface area (Å²) in [6.45, 7) is 0.529. The van der Waals surface area contributed by atoms with Gasteiger partial charge in [0.2, 0.25) is 0 Å². The van der Waals surface area contributed by atoms with Crippen molar-refractivity contribution in [3.63, 3.8) is 0 Å². The van der Waals surface area contributed by atoms with Crippen LogP contribution in [0.4, 0.5) is 4.39 Å². The van der Waals surface area contributed by atoms with Crippen LogP contribution in [-0.4, -0.2) is 24.8 Å². The molecule has 0 aliphatic carbocycles. The first-order valence-corrected chi connectivity index (χ1v) is 5.60. The molecule has 0 aliphatic rings. The minimum Gasteiger partial charge on any atom is -0.481 e. The standard InChI is InChI=1S/C13H17FO3/c1-17-8-4-6-11(13(15)16)9-10-5-2-3-7-12(10)14/h2-3,5,7,11H,4,6,8-9H2,1H3,(H,15,16). The van der Waals surface area contributed by atoms with E-state index in [9.17, 15) is 9.18 Å². The van der Waals surface area contributed by atoms with Crippen LogP contribution >= 0.6 is 0 Å². The number of halogens is 1. The molecular weight excluding hydrogens is 223 g/mol. The summed E-state index contributed by atoms with van der Waals surface area (Å²) in [5.41, 5.74) is 0.456. The SMILES string of the molecule is COCCCC(Cc1ccccc1F)C(=O)O. The average molecular weight is 240 g/mol.